The molecule has 0 aliphatic carbocycles. The highest BCUT2D eigenvalue weighted by Crippen LogP contribution is 2.31. The summed E-state index contributed by atoms with van der Waals surface area (Å²) < 4.78 is 6.02. The molecule has 1 aromatic rings. The second-order valence-corrected chi connectivity index (χ2v) is 7.45. The number of nitrogens with one attached hydrogen (secondary N) is 1. The van der Waals surface area contributed by atoms with Crippen LogP contribution in [-0.2, 0) is 9.59 Å². The SMILES string of the molecule is C#CCN1CCC(Oc2ccc3c(c2)C(=O)N(C2CCC(=O)NC2=O)C3=O)CC1. The van der Waals surface area contributed by atoms with Crippen molar-refractivity contribution >= 4 is 23.6 Å². The lowest BCUT2D eigenvalue weighted by Crippen LogP contribution is -2.54. The predicted octanol–water partition coefficient (Wildman–Crippen LogP) is 0.564. The summed E-state index contributed by atoms with van der Waals surface area (Å²) in [5, 5.41) is 2.19. The number of terminal acetylenes is 1. The van der Waals surface area contributed by atoms with E-state index in [2.05, 4.69) is 16.1 Å². The first-order chi connectivity index (χ1) is 14.0. The lowest BCUT2D eigenvalue weighted by Gasteiger charge is -2.30. The summed E-state index contributed by atoms with van der Waals surface area (Å²) in [6, 6.07) is 3.83. The van der Waals surface area contributed by atoms with Gasteiger partial charge in [0.2, 0.25) is 11.8 Å². The van der Waals surface area contributed by atoms with Gasteiger partial charge in [-0.3, -0.25) is 34.3 Å². The summed E-state index contributed by atoms with van der Waals surface area (Å²) in [6.45, 7) is 2.32. The molecule has 1 aromatic carbocycles. The summed E-state index contributed by atoms with van der Waals surface area (Å²) in [5.74, 6) is 1.09. The Labute approximate surface area is 168 Å². The molecule has 0 saturated carbocycles. The van der Waals surface area contributed by atoms with Crippen LogP contribution in [0.1, 0.15) is 46.4 Å². The number of likely N-dealkylation sites (tertiary alicyclic amines) is 1. The van der Waals surface area contributed by atoms with E-state index in [4.69, 9.17) is 11.2 Å². The van der Waals surface area contributed by atoms with Crippen LogP contribution in [0.4, 0.5) is 0 Å². The van der Waals surface area contributed by atoms with E-state index in [1.54, 1.807) is 18.2 Å². The van der Waals surface area contributed by atoms with Gasteiger partial charge in [-0.2, -0.15) is 0 Å². The average molecular weight is 395 g/mol. The molecule has 0 aromatic heterocycles. The van der Waals surface area contributed by atoms with Gasteiger partial charge in [-0.05, 0) is 37.5 Å². The minimum Gasteiger partial charge on any atom is -0.490 e. The third-order valence-electron chi connectivity index (χ3n) is 5.56. The van der Waals surface area contributed by atoms with Crippen molar-refractivity contribution in [1.29, 1.82) is 0 Å². The number of hydrogen-bond acceptors (Lipinski definition) is 6. The minimum atomic E-state index is -0.968. The van der Waals surface area contributed by atoms with Gasteiger partial charge in [-0.25, -0.2) is 0 Å². The van der Waals surface area contributed by atoms with Crippen LogP contribution < -0.4 is 10.1 Å². The van der Waals surface area contributed by atoms with Gasteiger partial charge in [0.25, 0.3) is 11.8 Å². The predicted molar refractivity (Wildman–Crippen MR) is 102 cm³/mol. The molecule has 29 heavy (non-hydrogen) atoms. The maximum absolute atomic E-state index is 12.9. The first kappa shape index (κ1) is 19.2. The van der Waals surface area contributed by atoms with Crippen molar-refractivity contribution in [3.05, 3.63) is 29.3 Å². The number of fused-ring (bicyclic) bond motifs is 1. The summed E-state index contributed by atoms with van der Waals surface area (Å²) in [6.07, 6.45) is 7.24. The first-order valence-corrected chi connectivity index (χ1v) is 9.66. The van der Waals surface area contributed by atoms with E-state index >= 15 is 0 Å². The van der Waals surface area contributed by atoms with Crippen LogP contribution in [0, 0.1) is 12.3 Å². The zero-order chi connectivity index (χ0) is 20.5. The van der Waals surface area contributed by atoms with Crippen molar-refractivity contribution in [2.75, 3.05) is 19.6 Å². The van der Waals surface area contributed by atoms with Gasteiger partial charge < -0.3 is 4.74 Å². The number of carbonyl (C=O) groups excluding carboxylic acids is 4. The van der Waals surface area contributed by atoms with E-state index in [1.165, 1.54) is 0 Å². The van der Waals surface area contributed by atoms with Gasteiger partial charge in [0.05, 0.1) is 17.7 Å². The molecule has 8 heteroatoms. The number of carbonyl (C=O) groups is 4. The van der Waals surface area contributed by atoms with Gasteiger partial charge >= 0.3 is 0 Å². The smallest absolute Gasteiger partial charge is 0.262 e. The number of amides is 4. The topological polar surface area (TPSA) is 96.0 Å². The maximum atomic E-state index is 12.9. The number of imide groups is 2. The Bertz CT molecular complexity index is 927. The van der Waals surface area contributed by atoms with Gasteiger partial charge in [-0.1, -0.05) is 5.92 Å². The third-order valence-corrected chi connectivity index (χ3v) is 5.56. The summed E-state index contributed by atoms with van der Waals surface area (Å²) >= 11 is 0. The van der Waals surface area contributed by atoms with Crippen LogP contribution in [0.5, 0.6) is 5.75 Å². The fraction of sp³-hybridized carbons (Fsp3) is 0.429. The molecular formula is C21H21N3O5. The van der Waals surface area contributed by atoms with Gasteiger partial charge in [-0.15, -0.1) is 6.42 Å². The first-order valence-electron chi connectivity index (χ1n) is 9.66. The van der Waals surface area contributed by atoms with Crippen molar-refractivity contribution in [2.45, 2.75) is 37.8 Å². The largest absolute Gasteiger partial charge is 0.490 e. The fourth-order valence-corrected chi connectivity index (χ4v) is 4.03. The molecule has 3 aliphatic heterocycles. The Morgan fingerprint density at radius 2 is 1.79 bits per heavy atom. The monoisotopic (exact) mass is 395 g/mol. The molecular weight excluding hydrogens is 374 g/mol. The van der Waals surface area contributed by atoms with E-state index in [-0.39, 0.29) is 30.1 Å². The Morgan fingerprint density at radius 1 is 1.07 bits per heavy atom. The van der Waals surface area contributed by atoms with Crippen LogP contribution in [0.25, 0.3) is 0 Å². The standard InChI is InChI=1S/C21H21N3O5/c1-2-9-23-10-7-13(8-11-23)29-14-3-4-15-16(12-14)21(28)24(20(15)27)17-5-6-18(25)22-19(17)26/h1,3-4,12-13,17H,5-11H2,(H,22,25,26). The van der Waals surface area contributed by atoms with Crippen LogP contribution in [0.2, 0.25) is 0 Å². The van der Waals surface area contributed by atoms with Crippen molar-refractivity contribution in [3.63, 3.8) is 0 Å². The van der Waals surface area contributed by atoms with Crippen molar-refractivity contribution < 1.29 is 23.9 Å². The molecule has 4 rings (SSSR count). The van der Waals surface area contributed by atoms with E-state index in [1.807, 2.05) is 0 Å². The normalized spacial score (nSPS) is 23.0. The van der Waals surface area contributed by atoms with E-state index in [0.29, 0.717) is 12.3 Å². The number of rotatable bonds is 4. The fourth-order valence-electron chi connectivity index (χ4n) is 4.03. The van der Waals surface area contributed by atoms with Gasteiger partial charge in [0.1, 0.15) is 17.9 Å². The van der Waals surface area contributed by atoms with Crippen molar-refractivity contribution in [2.24, 2.45) is 0 Å². The molecule has 0 spiro atoms. The lowest BCUT2D eigenvalue weighted by atomic mass is 10.0. The highest BCUT2D eigenvalue weighted by atomic mass is 16.5. The quantitative estimate of drug-likeness (QED) is 0.591. The molecule has 150 valence electrons. The van der Waals surface area contributed by atoms with Gasteiger partial charge in [0, 0.05) is 19.5 Å². The molecule has 2 fully saturated rings. The lowest BCUT2D eigenvalue weighted by molar-refractivity contribution is -0.136. The zero-order valence-electron chi connectivity index (χ0n) is 15.8. The van der Waals surface area contributed by atoms with E-state index in [9.17, 15) is 19.2 Å². The molecule has 1 N–H and O–H groups in total. The second-order valence-electron chi connectivity index (χ2n) is 7.45. The Kier molecular flexibility index (Phi) is 5.07. The molecule has 4 amide bonds. The van der Waals surface area contributed by atoms with Crippen LogP contribution >= 0.6 is 0 Å². The molecule has 1 atom stereocenters. The molecule has 0 radical (unpaired) electrons. The number of piperidine rings is 2. The Hall–Kier alpha value is -3.18. The summed E-state index contributed by atoms with van der Waals surface area (Å²) in [4.78, 5) is 52.2. The maximum Gasteiger partial charge on any atom is 0.262 e. The molecule has 0 bridgehead atoms. The summed E-state index contributed by atoms with van der Waals surface area (Å²) in [7, 11) is 0. The van der Waals surface area contributed by atoms with Gasteiger partial charge in [0.15, 0.2) is 0 Å². The second kappa shape index (κ2) is 7.68. The number of benzene rings is 1. The van der Waals surface area contributed by atoms with E-state index in [0.717, 1.165) is 30.8 Å². The Balaban J connectivity index is 1.47. The summed E-state index contributed by atoms with van der Waals surface area (Å²) in [5.41, 5.74) is 0.470. The highest BCUT2D eigenvalue weighted by molar-refractivity contribution is 6.23. The molecule has 3 heterocycles. The number of ether oxygens (including phenoxy) is 1. The van der Waals surface area contributed by atoms with Crippen molar-refractivity contribution in [3.8, 4) is 18.1 Å². The average Bonchev–Trinajstić information content (AvgIpc) is 2.94. The third kappa shape index (κ3) is 3.61. The molecule has 3 aliphatic rings. The zero-order valence-corrected chi connectivity index (χ0v) is 15.8. The number of hydrogen-bond donors (Lipinski definition) is 1. The molecule has 8 nitrogen and oxygen atoms in total. The van der Waals surface area contributed by atoms with Crippen LogP contribution in [0.3, 0.4) is 0 Å². The number of nitrogens with zero attached hydrogens (tertiary/aromatic N) is 2. The van der Waals surface area contributed by atoms with Crippen molar-refractivity contribution in [1.82, 2.24) is 15.1 Å². The Morgan fingerprint density at radius 3 is 2.48 bits per heavy atom. The van der Waals surface area contributed by atoms with Crippen LogP contribution in [-0.4, -0.2) is 65.2 Å². The van der Waals surface area contributed by atoms with E-state index < -0.39 is 29.7 Å². The minimum absolute atomic E-state index is 0.0144. The van der Waals surface area contributed by atoms with Crippen LogP contribution in [0.15, 0.2) is 18.2 Å². The molecule has 2 saturated heterocycles. The molecule has 1 unspecified atom stereocenters. The highest BCUT2D eigenvalue weighted by Gasteiger charge is 2.44.